The summed E-state index contributed by atoms with van der Waals surface area (Å²) in [6.07, 6.45) is 0.828. The molecule has 0 amide bonds. The number of hydrogen-bond donors (Lipinski definition) is 3. The first-order valence-corrected chi connectivity index (χ1v) is 3.79. The Morgan fingerprint density at radius 3 is 3.09 bits per heavy atom. The lowest BCUT2D eigenvalue weighted by Crippen LogP contribution is -2.34. The van der Waals surface area contributed by atoms with E-state index in [0.717, 1.165) is 24.2 Å². The Bertz CT molecular complexity index is 312. The third-order valence-electron chi connectivity index (χ3n) is 2.10. The van der Waals surface area contributed by atoms with Crippen molar-refractivity contribution in [3.8, 4) is 0 Å². The van der Waals surface area contributed by atoms with Crippen LogP contribution in [0, 0.1) is 0 Å². The van der Waals surface area contributed by atoms with Crippen molar-refractivity contribution in [1.29, 1.82) is 0 Å². The lowest BCUT2D eigenvalue weighted by atomic mass is 10.0. The lowest BCUT2D eigenvalue weighted by Gasteiger charge is -2.18. The van der Waals surface area contributed by atoms with Crippen LogP contribution in [0.15, 0.2) is 4.79 Å². The largest absolute Gasteiger partial charge is 0.308 e. The molecule has 0 aromatic carbocycles. The van der Waals surface area contributed by atoms with Gasteiger partial charge < -0.3 is 10.4 Å². The minimum Gasteiger partial charge on any atom is -0.308 e. The highest BCUT2D eigenvalue weighted by molar-refractivity contribution is 5.20. The van der Waals surface area contributed by atoms with E-state index < -0.39 is 0 Å². The second kappa shape index (κ2) is 2.23. The molecule has 1 unspecified atom stereocenters. The summed E-state index contributed by atoms with van der Waals surface area (Å²) in [6, 6.07) is 0.416. The van der Waals surface area contributed by atoms with Gasteiger partial charge in [-0.15, -0.1) is 0 Å². The van der Waals surface area contributed by atoms with E-state index in [1.807, 2.05) is 0 Å². The number of aromatic amines is 2. The van der Waals surface area contributed by atoms with Gasteiger partial charge in [0, 0.05) is 18.2 Å². The molecular weight excluding hydrogens is 142 g/mol. The van der Waals surface area contributed by atoms with Gasteiger partial charge in [-0.05, 0) is 13.3 Å². The fourth-order valence-electron chi connectivity index (χ4n) is 1.44. The van der Waals surface area contributed by atoms with Crippen molar-refractivity contribution >= 4 is 0 Å². The number of aromatic nitrogens is 2. The summed E-state index contributed by atoms with van der Waals surface area (Å²) >= 11 is 0. The molecule has 4 heteroatoms. The predicted octanol–water partition coefficient (Wildman–Crippen LogP) is -0.263. The molecule has 1 aliphatic rings. The molecule has 11 heavy (non-hydrogen) atoms. The van der Waals surface area contributed by atoms with Crippen molar-refractivity contribution in [2.75, 3.05) is 0 Å². The van der Waals surface area contributed by atoms with E-state index in [2.05, 4.69) is 22.4 Å². The van der Waals surface area contributed by atoms with Gasteiger partial charge in [-0.3, -0.25) is 9.89 Å². The van der Waals surface area contributed by atoms with E-state index in [-0.39, 0.29) is 5.56 Å². The maximum atomic E-state index is 11.1. The van der Waals surface area contributed by atoms with Crippen molar-refractivity contribution in [1.82, 2.24) is 15.5 Å². The van der Waals surface area contributed by atoms with Crippen LogP contribution in [0.1, 0.15) is 18.2 Å². The highest BCUT2D eigenvalue weighted by Gasteiger charge is 2.17. The number of H-pyrrole nitrogens is 2. The molecule has 2 heterocycles. The Labute approximate surface area is 64.0 Å². The number of hydrogen-bond acceptors (Lipinski definition) is 2. The highest BCUT2D eigenvalue weighted by atomic mass is 16.1. The van der Waals surface area contributed by atoms with Crippen LogP contribution in [-0.4, -0.2) is 16.2 Å². The first kappa shape index (κ1) is 6.67. The SMILES string of the molecule is CC1Cc2c([nH][nH]c2=O)CN1. The van der Waals surface area contributed by atoms with Crippen LogP contribution in [0.2, 0.25) is 0 Å². The first-order valence-electron chi connectivity index (χ1n) is 3.79. The smallest absolute Gasteiger partial charge is 0.267 e. The number of fused-ring (bicyclic) bond motifs is 1. The van der Waals surface area contributed by atoms with Crippen LogP contribution < -0.4 is 10.9 Å². The van der Waals surface area contributed by atoms with Crippen molar-refractivity contribution in [2.24, 2.45) is 0 Å². The third-order valence-corrected chi connectivity index (χ3v) is 2.10. The molecule has 0 saturated heterocycles. The lowest BCUT2D eigenvalue weighted by molar-refractivity contribution is 0.507. The quantitative estimate of drug-likeness (QED) is 0.481. The predicted molar refractivity (Wildman–Crippen MR) is 41.4 cm³/mol. The first-order chi connectivity index (χ1) is 5.27. The fraction of sp³-hybridized carbons (Fsp3) is 0.571. The van der Waals surface area contributed by atoms with Crippen molar-refractivity contribution in [3.63, 3.8) is 0 Å². The van der Waals surface area contributed by atoms with Crippen LogP contribution in [0.25, 0.3) is 0 Å². The third kappa shape index (κ3) is 0.991. The van der Waals surface area contributed by atoms with Crippen LogP contribution in [0.3, 0.4) is 0 Å². The minimum atomic E-state index is 0.0355. The molecule has 0 fully saturated rings. The molecule has 3 N–H and O–H groups in total. The molecule has 4 nitrogen and oxygen atoms in total. The van der Waals surface area contributed by atoms with Gasteiger partial charge in [-0.2, -0.15) is 0 Å². The molecule has 0 aliphatic carbocycles. The molecule has 2 rings (SSSR count). The fourth-order valence-corrected chi connectivity index (χ4v) is 1.44. The second-order valence-electron chi connectivity index (χ2n) is 3.02. The maximum Gasteiger partial charge on any atom is 0.267 e. The van der Waals surface area contributed by atoms with Crippen LogP contribution in [0.4, 0.5) is 0 Å². The average Bonchev–Trinajstić information content (AvgIpc) is 2.33. The molecule has 1 atom stereocenters. The summed E-state index contributed by atoms with van der Waals surface area (Å²) in [4.78, 5) is 11.1. The molecular formula is C7H11N3O. The van der Waals surface area contributed by atoms with E-state index in [1.54, 1.807) is 0 Å². The minimum absolute atomic E-state index is 0.0355. The Morgan fingerprint density at radius 2 is 2.27 bits per heavy atom. The topological polar surface area (TPSA) is 60.7 Å². The van der Waals surface area contributed by atoms with Gasteiger partial charge >= 0.3 is 0 Å². The molecule has 1 aliphatic heterocycles. The van der Waals surface area contributed by atoms with Gasteiger partial charge in [-0.1, -0.05) is 0 Å². The average molecular weight is 153 g/mol. The van der Waals surface area contributed by atoms with E-state index in [0.29, 0.717) is 6.04 Å². The normalized spacial score (nSPS) is 23.2. The maximum absolute atomic E-state index is 11.1. The molecule has 0 radical (unpaired) electrons. The molecule has 1 aromatic heterocycles. The number of rotatable bonds is 0. The summed E-state index contributed by atoms with van der Waals surface area (Å²) in [5.41, 5.74) is 1.96. The van der Waals surface area contributed by atoms with Gasteiger partial charge in [0.15, 0.2) is 0 Å². The summed E-state index contributed by atoms with van der Waals surface area (Å²) < 4.78 is 0. The van der Waals surface area contributed by atoms with Crippen LogP contribution in [-0.2, 0) is 13.0 Å². The van der Waals surface area contributed by atoms with Crippen molar-refractivity contribution in [3.05, 3.63) is 21.6 Å². The van der Waals surface area contributed by atoms with E-state index >= 15 is 0 Å². The van der Waals surface area contributed by atoms with Gasteiger partial charge in [0.1, 0.15) is 0 Å². The number of nitrogens with one attached hydrogen (secondary N) is 3. The summed E-state index contributed by atoms with van der Waals surface area (Å²) in [7, 11) is 0. The molecule has 1 aromatic rings. The summed E-state index contributed by atoms with van der Waals surface area (Å²) in [5.74, 6) is 0. The molecule has 60 valence electrons. The van der Waals surface area contributed by atoms with Crippen LogP contribution in [0.5, 0.6) is 0 Å². The summed E-state index contributed by atoms with van der Waals surface area (Å²) in [6.45, 7) is 2.85. The monoisotopic (exact) mass is 153 g/mol. The highest BCUT2D eigenvalue weighted by Crippen LogP contribution is 2.08. The Kier molecular flexibility index (Phi) is 1.35. The summed E-state index contributed by atoms with van der Waals surface area (Å²) in [5, 5.41) is 8.69. The Balaban J connectivity index is 2.45. The zero-order valence-corrected chi connectivity index (χ0v) is 6.40. The second-order valence-corrected chi connectivity index (χ2v) is 3.02. The zero-order chi connectivity index (χ0) is 7.84. The molecule has 0 spiro atoms. The standard InChI is InChI=1S/C7H11N3O/c1-4-2-5-6(3-8-4)9-10-7(5)11/h4,8H,2-3H2,1H3,(H2,9,10,11). The van der Waals surface area contributed by atoms with Crippen molar-refractivity contribution in [2.45, 2.75) is 25.9 Å². The van der Waals surface area contributed by atoms with Gasteiger partial charge in [0.05, 0.1) is 5.69 Å². The van der Waals surface area contributed by atoms with E-state index in [4.69, 9.17) is 0 Å². The van der Waals surface area contributed by atoms with E-state index in [1.165, 1.54) is 0 Å². The molecule has 0 saturated carbocycles. The van der Waals surface area contributed by atoms with Crippen LogP contribution >= 0.6 is 0 Å². The zero-order valence-electron chi connectivity index (χ0n) is 6.40. The molecule has 0 bridgehead atoms. The van der Waals surface area contributed by atoms with Gasteiger partial charge in [0.2, 0.25) is 0 Å². The van der Waals surface area contributed by atoms with Gasteiger partial charge in [-0.25, -0.2) is 0 Å². The Morgan fingerprint density at radius 1 is 1.45 bits per heavy atom. The van der Waals surface area contributed by atoms with Crippen molar-refractivity contribution < 1.29 is 0 Å². The van der Waals surface area contributed by atoms with E-state index in [9.17, 15) is 4.79 Å². The Hall–Kier alpha value is -1.03. The van der Waals surface area contributed by atoms with Gasteiger partial charge in [0.25, 0.3) is 5.56 Å².